The molecule has 1 saturated carbocycles. The van der Waals surface area contributed by atoms with Crippen LogP contribution in [-0.4, -0.2) is 18.3 Å². The van der Waals surface area contributed by atoms with Gasteiger partial charge in [-0.05, 0) is 25.0 Å². The first-order valence-corrected chi connectivity index (χ1v) is 11.3. The second kappa shape index (κ2) is 9.40. The Morgan fingerprint density at radius 1 is 1.10 bits per heavy atom. The first-order chi connectivity index (χ1) is 14.3. The highest BCUT2D eigenvalue weighted by Gasteiger charge is 2.22. The van der Waals surface area contributed by atoms with Crippen molar-refractivity contribution in [2.45, 2.75) is 49.7 Å². The van der Waals surface area contributed by atoms with Gasteiger partial charge in [0.2, 0.25) is 0 Å². The maximum absolute atomic E-state index is 13.0. The molecule has 1 N–H and O–H groups in total. The number of fused-ring (bicyclic) bond motifs is 1. The van der Waals surface area contributed by atoms with Crippen molar-refractivity contribution in [2.24, 2.45) is 0 Å². The number of carbonyl (C=O) groups is 1. The van der Waals surface area contributed by atoms with Gasteiger partial charge in [0.1, 0.15) is 11.3 Å². The molecule has 0 radical (unpaired) electrons. The summed E-state index contributed by atoms with van der Waals surface area (Å²) in [4.78, 5) is 13.0. The molecule has 1 fully saturated rings. The van der Waals surface area contributed by atoms with E-state index >= 15 is 0 Å². The molecule has 1 aromatic heterocycles. The number of ether oxygens (including phenoxy) is 1. The summed E-state index contributed by atoms with van der Waals surface area (Å²) >= 11 is 1.96. The van der Waals surface area contributed by atoms with Crippen LogP contribution in [-0.2, 0) is 12.3 Å². The van der Waals surface area contributed by atoms with Crippen molar-refractivity contribution in [3.05, 3.63) is 65.4 Å². The van der Waals surface area contributed by atoms with Crippen LogP contribution in [0.2, 0.25) is 0 Å². The molecular weight excluding hydrogens is 382 g/mol. The molecule has 0 saturated heterocycles. The van der Waals surface area contributed by atoms with E-state index in [0.29, 0.717) is 17.6 Å². The molecular formula is C24H27NO3S. The van der Waals surface area contributed by atoms with Crippen molar-refractivity contribution < 1.29 is 13.9 Å². The summed E-state index contributed by atoms with van der Waals surface area (Å²) in [6.45, 7) is 0.398. The van der Waals surface area contributed by atoms with Crippen molar-refractivity contribution >= 4 is 28.6 Å². The van der Waals surface area contributed by atoms with Gasteiger partial charge in [-0.3, -0.25) is 4.79 Å². The van der Waals surface area contributed by atoms with Gasteiger partial charge >= 0.3 is 0 Å². The number of carbonyl (C=O) groups excluding carboxylic acids is 1. The average molecular weight is 410 g/mol. The molecule has 152 valence electrons. The van der Waals surface area contributed by atoms with Gasteiger partial charge in [-0.15, -0.1) is 0 Å². The number of rotatable bonds is 7. The van der Waals surface area contributed by atoms with Crippen LogP contribution in [0, 0.1) is 0 Å². The number of thioether (sulfide) groups is 1. The minimum atomic E-state index is -0.175. The highest BCUT2D eigenvalue weighted by atomic mass is 32.2. The predicted octanol–water partition coefficient (Wildman–Crippen LogP) is 5.94. The topological polar surface area (TPSA) is 51.5 Å². The van der Waals surface area contributed by atoms with E-state index in [1.807, 2.05) is 60.3 Å². The Morgan fingerprint density at radius 3 is 2.69 bits per heavy atom. The van der Waals surface area contributed by atoms with Crippen LogP contribution in [0.25, 0.3) is 11.0 Å². The van der Waals surface area contributed by atoms with E-state index in [9.17, 15) is 4.79 Å². The Balaban J connectivity index is 1.53. The molecule has 2 aromatic carbocycles. The number of para-hydroxylation sites is 2. The molecule has 1 aliphatic rings. The average Bonchev–Trinajstić information content (AvgIpc) is 3.15. The normalized spacial score (nSPS) is 14.8. The highest BCUT2D eigenvalue weighted by Crippen LogP contribution is 2.35. The number of hydrogen-bond acceptors (Lipinski definition) is 4. The van der Waals surface area contributed by atoms with E-state index in [4.69, 9.17) is 9.15 Å². The Labute approximate surface area is 176 Å². The van der Waals surface area contributed by atoms with Gasteiger partial charge < -0.3 is 14.5 Å². The molecule has 4 nitrogen and oxygen atoms in total. The fourth-order valence-corrected chi connectivity index (χ4v) is 5.32. The van der Waals surface area contributed by atoms with Crippen molar-refractivity contribution in [1.82, 2.24) is 5.32 Å². The summed E-state index contributed by atoms with van der Waals surface area (Å²) < 4.78 is 11.4. The second-order valence-corrected chi connectivity index (χ2v) is 8.76. The van der Waals surface area contributed by atoms with Crippen molar-refractivity contribution in [3.8, 4) is 5.75 Å². The van der Waals surface area contributed by atoms with Gasteiger partial charge in [0.25, 0.3) is 5.91 Å². The molecule has 3 aromatic rings. The SMILES string of the molecule is COc1ccccc1CNC(=O)c1oc2ccccc2c1CSC1CCCCC1. The molecule has 1 amide bonds. The summed E-state index contributed by atoms with van der Waals surface area (Å²) in [5, 5.41) is 4.73. The summed E-state index contributed by atoms with van der Waals surface area (Å²) in [6.07, 6.45) is 6.53. The summed E-state index contributed by atoms with van der Waals surface area (Å²) in [5.74, 6) is 1.83. The Morgan fingerprint density at radius 2 is 1.86 bits per heavy atom. The van der Waals surface area contributed by atoms with E-state index in [0.717, 1.165) is 33.6 Å². The number of methoxy groups -OCH3 is 1. The zero-order chi connectivity index (χ0) is 20.1. The van der Waals surface area contributed by atoms with Gasteiger partial charge in [-0.1, -0.05) is 55.7 Å². The molecule has 1 aliphatic carbocycles. The van der Waals surface area contributed by atoms with Crippen LogP contribution >= 0.6 is 11.8 Å². The van der Waals surface area contributed by atoms with Crippen molar-refractivity contribution in [1.29, 1.82) is 0 Å². The summed E-state index contributed by atoms with van der Waals surface area (Å²) in [5.41, 5.74) is 2.72. The minimum Gasteiger partial charge on any atom is -0.496 e. The van der Waals surface area contributed by atoms with E-state index in [1.54, 1.807) is 7.11 Å². The lowest BCUT2D eigenvalue weighted by atomic mass is 10.0. The maximum atomic E-state index is 13.0. The van der Waals surface area contributed by atoms with Crippen LogP contribution in [0.3, 0.4) is 0 Å². The van der Waals surface area contributed by atoms with E-state index in [-0.39, 0.29) is 5.91 Å². The summed E-state index contributed by atoms with van der Waals surface area (Å²) in [6, 6.07) is 15.6. The third kappa shape index (κ3) is 4.61. The zero-order valence-electron chi connectivity index (χ0n) is 16.8. The lowest BCUT2D eigenvalue weighted by molar-refractivity contribution is 0.0924. The van der Waals surface area contributed by atoms with Gasteiger partial charge in [0, 0.05) is 34.1 Å². The van der Waals surface area contributed by atoms with Crippen molar-refractivity contribution in [3.63, 3.8) is 0 Å². The number of amides is 1. The Bertz CT molecular complexity index is 975. The maximum Gasteiger partial charge on any atom is 0.287 e. The molecule has 0 atom stereocenters. The number of hydrogen-bond donors (Lipinski definition) is 1. The smallest absolute Gasteiger partial charge is 0.287 e. The first-order valence-electron chi connectivity index (χ1n) is 10.3. The lowest BCUT2D eigenvalue weighted by Gasteiger charge is -2.20. The molecule has 0 unspecified atom stereocenters. The predicted molar refractivity (Wildman–Crippen MR) is 119 cm³/mol. The molecule has 29 heavy (non-hydrogen) atoms. The Hall–Kier alpha value is -2.40. The van der Waals surface area contributed by atoms with Crippen LogP contribution in [0.5, 0.6) is 5.75 Å². The fraction of sp³-hybridized carbons (Fsp3) is 0.375. The molecule has 0 spiro atoms. The second-order valence-electron chi connectivity index (χ2n) is 7.47. The molecule has 1 heterocycles. The number of furan rings is 1. The van der Waals surface area contributed by atoms with Crippen LogP contribution in [0.1, 0.15) is 53.8 Å². The number of nitrogens with one attached hydrogen (secondary N) is 1. The van der Waals surface area contributed by atoms with Gasteiger partial charge in [-0.25, -0.2) is 0 Å². The van der Waals surface area contributed by atoms with Crippen LogP contribution in [0.4, 0.5) is 0 Å². The standard InChI is InChI=1S/C24H27NO3S/c1-27-21-13-7-5-9-17(21)15-25-24(26)23-20(16-29-18-10-3-2-4-11-18)19-12-6-8-14-22(19)28-23/h5-9,12-14,18H,2-4,10-11,15-16H2,1H3,(H,25,26). The monoisotopic (exact) mass is 409 g/mol. The van der Waals surface area contributed by atoms with Gasteiger partial charge in [-0.2, -0.15) is 11.8 Å². The van der Waals surface area contributed by atoms with E-state index in [2.05, 4.69) is 5.32 Å². The zero-order valence-corrected chi connectivity index (χ0v) is 17.6. The quantitative estimate of drug-likeness (QED) is 0.525. The fourth-order valence-electron chi connectivity index (χ4n) is 3.96. The molecule has 4 rings (SSSR count). The van der Waals surface area contributed by atoms with Crippen LogP contribution < -0.4 is 10.1 Å². The lowest BCUT2D eigenvalue weighted by Crippen LogP contribution is -2.23. The third-order valence-electron chi connectivity index (χ3n) is 5.55. The van der Waals surface area contributed by atoms with E-state index < -0.39 is 0 Å². The van der Waals surface area contributed by atoms with Crippen LogP contribution in [0.15, 0.2) is 52.9 Å². The van der Waals surface area contributed by atoms with Gasteiger partial charge in [0.05, 0.1) is 7.11 Å². The third-order valence-corrected chi connectivity index (χ3v) is 6.95. The first kappa shape index (κ1) is 19.9. The molecule has 0 bridgehead atoms. The number of benzene rings is 2. The van der Waals surface area contributed by atoms with E-state index in [1.165, 1.54) is 32.1 Å². The Kier molecular flexibility index (Phi) is 6.45. The van der Waals surface area contributed by atoms with Crippen molar-refractivity contribution in [2.75, 3.05) is 7.11 Å². The summed E-state index contributed by atoms with van der Waals surface area (Å²) in [7, 11) is 1.64. The minimum absolute atomic E-state index is 0.175. The molecule has 5 heteroatoms. The molecule has 0 aliphatic heterocycles. The van der Waals surface area contributed by atoms with Gasteiger partial charge in [0.15, 0.2) is 5.76 Å². The largest absolute Gasteiger partial charge is 0.496 e. The highest BCUT2D eigenvalue weighted by molar-refractivity contribution is 7.99.